The van der Waals surface area contributed by atoms with E-state index in [1.54, 1.807) is 0 Å². The fraction of sp³-hybridized carbons (Fsp3) is 0.167. The monoisotopic (exact) mass is 312 g/mol. The lowest BCUT2D eigenvalue weighted by Crippen LogP contribution is -1.89. The summed E-state index contributed by atoms with van der Waals surface area (Å²) in [4.78, 5) is 4.37. The van der Waals surface area contributed by atoms with Gasteiger partial charge in [0.15, 0.2) is 17.4 Å². The van der Waals surface area contributed by atoms with Crippen LogP contribution in [0.15, 0.2) is 6.07 Å². The minimum absolute atomic E-state index is 0.0197. The normalized spacial score (nSPS) is 11.2. The third-order valence-corrected chi connectivity index (χ3v) is 4.50. The number of methoxy groups -OCH3 is 1. The first-order valence-electron chi connectivity index (χ1n) is 5.66. The summed E-state index contributed by atoms with van der Waals surface area (Å²) in [6, 6.07) is 1.30. The average molecular weight is 313 g/mol. The van der Waals surface area contributed by atoms with E-state index in [0.717, 1.165) is 5.69 Å². The van der Waals surface area contributed by atoms with Crippen molar-refractivity contribution in [3.05, 3.63) is 22.6 Å². The maximum absolute atomic E-state index is 13.8. The zero-order chi connectivity index (χ0) is 14.4. The fourth-order valence-electron chi connectivity index (χ4n) is 1.99. The van der Waals surface area contributed by atoms with E-state index in [1.807, 2.05) is 6.92 Å². The minimum atomic E-state index is -0.543. The first-order chi connectivity index (χ1) is 9.52. The number of nitrogens with two attached hydrogens (primary N) is 1. The third-order valence-electron chi connectivity index (χ3n) is 2.93. The molecule has 0 bridgehead atoms. The molecule has 1 aromatic carbocycles. The number of thiazole rings is 1. The van der Waals surface area contributed by atoms with E-state index < -0.39 is 5.82 Å². The number of fused-ring (bicyclic) bond motifs is 1. The number of H-pyrrole nitrogens is 1. The Morgan fingerprint density at radius 2 is 2.25 bits per heavy atom. The lowest BCUT2D eigenvalue weighted by Gasteiger charge is -2.03. The van der Waals surface area contributed by atoms with Crippen LogP contribution in [0.2, 0.25) is 5.02 Å². The molecule has 3 aromatic rings. The molecule has 0 aliphatic rings. The SMILES string of the molecule is COc1c(F)cc2nc(-c3c(N)n[nH]c3C)sc2c1Cl. The first-order valence-corrected chi connectivity index (χ1v) is 6.85. The number of hydrogen-bond donors (Lipinski definition) is 2. The lowest BCUT2D eigenvalue weighted by molar-refractivity contribution is 0.388. The van der Waals surface area contributed by atoms with Crippen molar-refractivity contribution >= 4 is 39.0 Å². The molecule has 0 saturated carbocycles. The molecule has 3 N–H and O–H groups in total. The maximum atomic E-state index is 13.8. The summed E-state index contributed by atoms with van der Waals surface area (Å²) in [7, 11) is 1.37. The van der Waals surface area contributed by atoms with E-state index in [2.05, 4.69) is 15.2 Å². The molecule has 0 spiro atoms. The summed E-state index contributed by atoms with van der Waals surface area (Å²) in [6.07, 6.45) is 0. The smallest absolute Gasteiger partial charge is 0.174 e. The molecular formula is C12H10ClFN4OS. The van der Waals surface area contributed by atoms with E-state index >= 15 is 0 Å². The average Bonchev–Trinajstić information content (AvgIpc) is 2.94. The molecule has 0 amide bonds. The third kappa shape index (κ3) is 1.82. The van der Waals surface area contributed by atoms with Gasteiger partial charge in [-0.05, 0) is 6.92 Å². The highest BCUT2D eigenvalue weighted by atomic mass is 35.5. The van der Waals surface area contributed by atoms with Gasteiger partial charge in [0.2, 0.25) is 0 Å². The van der Waals surface area contributed by atoms with Crippen LogP contribution in [0.5, 0.6) is 5.75 Å². The molecule has 0 radical (unpaired) electrons. The van der Waals surface area contributed by atoms with Crippen LogP contribution in [-0.2, 0) is 0 Å². The van der Waals surface area contributed by atoms with Gasteiger partial charge in [-0.2, -0.15) is 5.10 Å². The number of nitrogens with zero attached hydrogens (tertiary/aromatic N) is 2. The number of nitrogen functional groups attached to an aromatic ring is 1. The van der Waals surface area contributed by atoms with E-state index in [1.165, 1.54) is 24.5 Å². The fourth-order valence-corrected chi connectivity index (χ4v) is 3.46. The minimum Gasteiger partial charge on any atom is -0.492 e. The van der Waals surface area contributed by atoms with Crippen molar-refractivity contribution in [2.45, 2.75) is 6.92 Å². The number of ether oxygens (including phenoxy) is 1. The number of rotatable bonds is 2. The summed E-state index contributed by atoms with van der Waals surface area (Å²) in [5, 5.41) is 7.56. The molecule has 0 aliphatic heterocycles. The van der Waals surface area contributed by atoms with Crippen molar-refractivity contribution in [1.82, 2.24) is 15.2 Å². The second kappa shape index (κ2) is 4.60. The second-order valence-corrected chi connectivity index (χ2v) is 5.56. The molecule has 0 fully saturated rings. The van der Waals surface area contributed by atoms with Gasteiger partial charge in [0.25, 0.3) is 0 Å². The largest absolute Gasteiger partial charge is 0.492 e. The molecule has 2 heterocycles. The molecule has 0 aliphatic carbocycles. The van der Waals surface area contributed by atoms with E-state index in [4.69, 9.17) is 22.1 Å². The maximum Gasteiger partial charge on any atom is 0.174 e. The number of nitrogens with one attached hydrogen (secondary N) is 1. The molecule has 104 valence electrons. The summed E-state index contributed by atoms with van der Waals surface area (Å²) in [5.41, 5.74) is 7.78. The van der Waals surface area contributed by atoms with Crippen LogP contribution in [0.4, 0.5) is 10.2 Å². The highest BCUT2D eigenvalue weighted by Crippen LogP contribution is 2.42. The van der Waals surface area contributed by atoms with Gasteiger partial charge in [-0.25, -0.2) is 9.37 Å². The van der Waals surface area contributed by atoms with Crippen LogP contribution in [0.3, 0.4) is 0 Å². The first kappa shape index (κ1) is 13.1. The van der Waals surface area contributed by atoms with Gasteiger partial charge < -0.3 is 10.5 Å². The molecule has 3 rings (SSSR count). The topological polar surface area (TPSA) is 76.8 Å². The Kier molecular flexibility index (Phi) is 3.02. The Labute approximate surface area is 122 Å². The van der Waals surface area contributed by atoms with E-state index in [9.17, 15) is 4.39 Å². The predicted octanol–water partition coefficient (Wildman–Crippen LogP) is 3.38. The van der Waals surface area contributed by atoms with Crippen molar-refractivity contribution in [2.24, 2.45) is 0 Å². The summed E-state index contributed by atoms with van der Waals surface area (Å²) < 4.78 is 19.4. The Morgan fingerprint density at radius 3 is 2.85 bits per heavy atom. The van der Waals surface area contributed by atoms with Crippen LogP contribution < -0.4 is 10.5 Å². The Hall–Kier alpha value is -1.86. The molecular weight excluding hydrogens is 303 g/mol. The van der Waals surface area contributed by atoms with Gasteiger partial charge in [0.1, 0.15) is 10.0 Å². The summed E-state index contributed by atoms with van der Waals surface area (Å²) in [6.45, 7) is 1.84. The molecule has 20 heavy (non-hydrogen) atoms. The van der Waals surface area contributed by atoms with Crippen LogP contribution in [0.25, 0.3) is 20.8 Å². The lowest BCUT2D eigenvalue weighted by atomic mass is 10.2. The summed E-state index contributed by atoms with van der Waals surface area (Å²) in [5.74, 6) is -0.171. The van der Waals surface area contributed by atoms with Gasteiger partial charge >= 0.3 is 0 Å². The quantitative estimate of drug-likeness (QED) is 0.760. The number of aryl methyl sites for hydroxylation is 1. The molecule has 2 aromatic heterocycles. The van der Waals surface area contributed by atoms with E-state index in [-0.39, 0.29) is 10.8 Å². The molecule has 8 heteroatoms. The molecule has 0 saturated heterocycles. The van der Waals surface area contributed by atoms with Crippen molar-refractivity contribution in [3.63, 3.8) is 0 Å². The van der Waals surface area contributed by atoms with Gasteiger partial charge in [-0.1, -0.05) is 11.6 Å². The van der Waals surface area contributed by atoms with Crippen LogP contribution in [0, 0.1) is 12.7 Å². The van der Waals surface area contributed by atoms with E-state index in [0.29, 0.717) is 26.6 Å². The molecule has 5 nitrogen and oxygen atoms in total. The van der Waals surface area contributed by atoms with Gasteiger partial charge in [-0.3, -0.25) is 5.10 Å². The van der Waals surface area contributed by atoms with Crippen molar-refractivity contribution < 1.29 is 9.13 Å². The highest BCUT2D eigenvalue weighted by Gasteiger charge is 2.20. The van der Waals surface area contributed by atoms with Gasteiger partial charge in [-0.15, -0.1) is 11.3 Å². The second-order valence-electron chi connectivity index (χ2n) is 4.18. The van der Waals surface area contributed by atoms with Crippen LogP contribution >= 0.6 is 22.9 Å². The number of aromatic nitrogens is 3. The number of hydrogen-bond acceptors (Lipinski definition) is 5. The van der Waals surface area contributed by atoms with Gasteiger partial charge in [0, 0.05) is 11.8 Å². The van der Waals surface area contributed by atoms with Crippen molar-refractivity contribution in [2.75, 3.05) is 12.8 Å². The Morgan fingerprint density at radius 1 is 1.50 bits per heavy atom. The van der Waals surface area contributed by atoms with Crippen molar-refractivity contribution in [1.29, 1.82) is 0 Å². The zero-order valence-electron chi connectivity index (χ0n) is 10.6. The standard InChI is InChI=1S/C12H10ClFN4OS/c1-4-7(11(15)18-17-4)12-16-6-3-5(14)9(19-2)8(13)10(6)20-12/h3H,1-2H3,(H3,15,17,18). The highest BCUT2D eigenvalue weighted by molar-refractivity contribution is 7.22. The number of anilines is 1. The van der Waals surface area contributed by atoms with Crippen molar-refractivity contribution in [3.8, 4) is 16.3 Å². The van der Waals surface area contributed by atoms with Gasteiger partial charge in [0.05, 0.1) is 22.9 Å². The van der Waals surface area contributed by atoms with Crippen LogP contribution in [-0.4, -0.2) is 22.3 Å². The zero-order valence-corrected chi connectivity index (χ0v) is 12.2. The molecule has 0 unspecified atom stereocenters. The Bertz CT molecular complexity index is 794. The number of halogens is 2. The Balaban J connectivity index is 2.29. The van der Waals surface area contributed by atoms with Crippen LogP contribution in [0.1, 0.15) is 5.69 Å². The summed E-state index contributed by atoms with van der Waals surface area (Å²) >= 11 is 7.47. The number of benzene rings is 1. The number of aromatic amines is 1. The molecule has 0 atom stereocenters. The predicted molar refractivity (Wildman–Crippen MR) is 77.9 cm³/mol.